The Morgan fingerprint density at radius 2 is 1.93 bits per heavy atom. The SMILES string of the molecule is COc1ccc([N+](=O)[O-])cc1C(=O)OCc1nc(N)nc(Nc2ccccc2)n1. The van der Waals surface area contributed by atoms with E-state index in [9.17, 15) is 14.9 Å². The topological polar surface area (TPSA) is 155 Å². The van der Waals surface area contributed by atoms with Gasteiger partial charge in [0.1, 0.15) is 11.3 Å². The molecule has 0 saturated carbocycles. The van der Waals surface area contributed by atoms with Crippen LogP contribution in [0.25, 0.3) is 0 Å². The predicted molar refractivity (Wildman–Crippen MR) is 103 cm³/mol. The molecule has 148 valence electrons. The number of carbonyl (C=O) groups is 1. The maximum Gasteiger partial charge on any atom is 0.342 e. The summed E-state index contributed by atoms with van der Waals surface area (Å²) in [5, 5.41) is 13.9. The highest BCUT2D eigenvalue weighted by Gasteiger charge is 2.19. The van der Waals surface area contributed by atoms with E-state index in [0.29, 0.717) is 0 Å². The summed E-state index contributed by atoms with van der Waals surface area (Å²) < 4.78 is 10.2. The fourth-order valence-corrected chi connectivity index (χ4v) is 2.39. The van der Waals surface area contributed by atoms with Crippen LogP contribution < -0.4 is 15.8 Å². The van der Waals surface area contributed by atoms with Crippen LogP contribution in [0.2, 0.25) is 0 Å². The Morgan fingerprint density at radius 1 is 1.17 bits per heavy atom. The van der Waals surface area contributed by atoms with Gasteiger partial charge in [0.15, 0.2) is 12.4 Å². The average molecular weight is 396 g/mol. The van der Waals surface area contributed by atoms with Gasteiger partial charge in [0.25, 0.3) is 5.69 Å². The van der Waals surface area contributed by atoms with Gasteiger partial charge in [-0.3, -0.25) is 10.1 Å². The standard InChI is InChI=1S/C18H16N6O5/c1-28-14-8-7-12(24(26)27)9-13(14)16(25)29-10-15-21-17(19)23-18(22-15)20-11-5-3-2-4-6-11/h2-9H,10H2,1H3,(H3,19,20,21,22,23). The van der Waals surface area contributed by atoms with E-state index in [1.165, 1.54) is 19.2 Å². The molecule has 1 heterocycles. The summed E-state index contributed by atoms with van der Waals surface area (Å²) in [6.07, 6.45) is 0. The second-order valence-corrected chi connectivity index (χ2v) is 5.64. The number of benzene rings is 2. The van der Waals surface area contributed by atoms with Gasteiger partial charge in [-0.1, -0.05) is 18.2 Å². The van der Waals surface area contributed by atoms with Crippen molar-refractivity contribution in [3.05, 3.63) is 70.0 Å². The number of esters is 1. The highest BCUT2D eigenvalue weighted by Crippen LogP contribution is 2.25. The van der Waals surface area contributed by atoms with Gasteiger partial charge in [-0.15, -0.1) is 0 Å². The molecule has 0 aliphatic heterocycles. The number of nitrogen functional groups attached to an aromatic ring is 1. The molecule has 0 saturated heterocycles. The molecule has 0 aliphatic rings. The van der Waals surface area contributed by atoms with Crippen LogP contribution in [0, 0.1) is 10.1 Å². The van der Waals surface area contributed by atoms with Crippen LogP contribution in [-0.2, 0) is 11.3 Å². The van der Waals surface area contributed by atoms with E-state index in [-0.39, 0.29) is 41.3 Å². The van der Waals surface area contributed by atoms with Crippen molar-refractivity contribution in [1.82, 2.24) is 15.0 Å². The second-order valence-electron chi connectivity index (χ2n) is 5.64. The molecule has 2 aromatic carbocycles. The lowest BCUT2D eigenvalue weighted by atomic mass is 10.2. The number of nitrogens with zero attached hydrogens (tertiary/aromatic N) is 4. The fourth-order valence-electron chi connectivity index (χ4n) is 2.39. The number of aromatic nitrogens is 3. The van der Waals surface area contributed by atoms with Crippen molar-refractivity contribution in [2.24, 2.45) is 0 Å². The first-order valence-electron chi connectivity index (χ1n) is 8.28. The molecule has 29 heavy (non-hydrogen) atoms. The van der Waals surface area contributed by atoms with Crippen molar-refractivity contribution >= 4 is 29.2 Å². The fraction of sp³-hybridized carbons (Fsp3) is 0.111. The van der Waals surface area contributed by atoms with Crippen LogP contribution in [0.1, 0.15) is 16.2 Å². The summed E-state index contributed by atoms with van der Waals surface area (Å²) in [7, 11) is 1.34. The van der Waals surface area contributed by atoms with E-state index in [4.69, 9.17) is 15.2 Å². The summed E-state index contributed by atoms with van der Waals surface area (Å²) in [4.78, 5) is 34.8. The van der Waals surface area contributed by atoms with Gasteiger partial charge in [-0.2, -0.15) is 15.0 Å². The van der Waals surface area contributed by atoms with E-state index in [2.05, 4.69) is 20.3 Å². The summed E-state index contributed by atoms with van der Waals surface area (Å²) in [5.41, 5.74) is 6.07. The predicted octanol–water partition coefficient (Wildman–Crippen LogP) is 2.47. The number of non-ortho nitro benzene ring substituents is 1. The number of carbonyl (C=O) groups excluding carboxylic acids is 1. The lowest BCUT2D eigenvalue weighted by molar-refractivity contribution is -0.384. The molecule has 0 amide bonds. The highest BCUT2D eigenvalue weighted by molar-refractivity contribution is 5.93. The Kier molecular flexibility index (Phi) is 5.78. The van der Waals surface area contributed by atoms with Gasteiger partial charge in [-0.05, 0) is 18.2 Å². The van der Waals surface area contributed by atoms with Crippen molar-refractivity contribution in [1.29, 1.82) is 0 Å². The van der Waals surface area contributed by atoms with Crippen molar-refractivity contribution in [3.63, 3.8) is 0 Å². The third-order valence-corrected chi connectivity index (χ3v) is 3.68. The van der Waals surface area contributed by atoms with E-state index in [0.717, 1.165) is 11.8 Å². The molecule has 0 radical (unpaired) electrons. The zero-order valence-electron chi connectivity index (χ0n) is 15.2. The van der Waals surface area contributed by atoms with Gasteiger partial charge < -0.3 is 20.5 Å². The van der Waals surface area contributed by atoms with Crippen LogP contribution in [0.3, 0.4) is 0 Å². The summed E-state index contributed by atoms with van der Waals surface area (Å²) in [6.45, 7) is -0.319. The average Bonchev–Trinajstić information content (AvgIpc) is 2.71. The largest absolute Gasteiger partial charge is 0.496 e. The number of para-hydroxylation sites is 1. The Bertz CT molecular complexity index is 1040. The minimum absolute atomic E-state index is 0.0580. The molecule has 3 N–H and O–H groups in total. The Balaban J connectivity index is 1.75. The minimum Gasteiger partial charge on any atom is -0.496 e. The summed E-state index contributed by atoms with van der Waals surface area (Å²) in [5.74, 6) is -0.460. The summed E-state index contributed by atoms with van der Waals surface area (Å²) in [6, 6.07) is 12.8. The number of nitro groups is 1. The second kappa shape index (κ2) is 8.61. The third-order valence-electron chi connectivity index (χ3n) is 3.68. The van der Waals surface area contributed by atoms with Crippen molar-refractivity contribution < 1.29 is 19.2 Å². The maximum absolute atomic E-state index is 12.4. The summed E-state index contributed by atoms with van der Waals surface area (Å²) >= 11 is 0. The van der Waals surface area contributed by atoms with E-state index >= 15 is 0 Å². The zero-order valence-corrected chi connectivity index (χ0v) is 15.2. The molecule has 0 spiro atoms. The molecular formula is C18H16N6O5. The first-order chi connectivity index (χ1) is 14.0. The van der Waals surface area contributed by atoms with Crippen molar-refractivity contribution in [2.75, 3.05) is 18.2 Å². The Morgan fingerprint density at radius 3 is 2.62 bits per heavy atom. The Hall–Kier alpha value is -4.28. The highest BCUT2D eigenvalue weighted by atomic mass is 16.6. The number of rotatable bonds is 7. The van der Waals surface area contributed by atoms with E-state index < -0.39 is 10.9 Å². The zero-order chi connectivity index (χ0) is 20.8. The maximum atomic E-state index is 12.4. The van der Waals surface area contributed by atoms with Crippen LogP contribution >= 0.6 is 0 Å². The molecule has 11 nitrogen and oxygen atoms in total. The molecule has 0 aliphatic carbocycles. The first kappa shape index (κ1) is 19.5. The van der Waals surface area contributed by atoms with Gasteiger partial charge in [0.05, 0.1) is 12.0 Å². The van der Waals surface area contributed by atoms with Gasteiger partial charge in [0, 0.05) is 17.8 Å². The van der Waals surface area contributed by atoms with Gasteiger partial charge >= 0.3 is 5.97 Å². The number of nitrogens with one attached hydrogen (secondary N) is 1. The van der Waals surface area contributed by atoms with Crippen LogP contribution in [0.4, 0.5) is 23.3 Å². The van der Waals surface area contributed by atoms with Gasteiger partial charge in [0.2, 0.25) is 11.9 Å². The van der Waals surface area contributed by atoms with Crippen molar-refractivity contribution in [2.45, 2.75) is 6.61 Å². The van der Waals surface area contributed by atoms with Crippen LogP contribution in [0.5, 0.6) is 5.75 Å². The molecule has 0 atom stereocenters. The molecule has 1 aromatic heterocycles. The third kappa shape index (κ3) is 4.91. The quantitative estimate of drug-likeness (QED) is 0.345. The monoisotopic (exact) mass is 396 g/mol. The Labute approximate surface area is 164 Å². The lowest BCUT2D eigenvalue weighted by Gasteiger charge is -2.09. The smallest absolute Gasteiger partial charge is 0.342 e. The first-order valence-corrected chi connectivity index (χ1v) is 8.28. The number of anilines is 3. The van der Waals surface area contributed by atoms with Gasteiger partial charge in [-0.25, -0.2) is 4.79 Å². The normalized spacial score (nSPS) is 10.2. The minimum atomic E-state index is -0.831. The number of ether oxygens (including phenoxy) is 2. The number of hydrogen-bond donors (Lipinski definition) is 2. The molecule has 0 unspecified atom stereocenters. The van der Waals surface area contributed by atoms with Crippen LogP contribution in [-0.4, -0.2) is 33.0 Å². The number of nitro benzene ring substituents is 1. The van der Waals surface area contributed by atoms with Crippen LogP contribution in [0.15, 0.2) is 48.5 Å². The lowest BCUT2D eigenvalue weighted by Crippen LogP contribution is -2.12. The van der Waals surface area contributed by atoms with E-state index in [1.54, 1.807) is 0 Å². The number of hydrogen-bond acceptors (Lipinski definition) is 10. The molecule has 0 bridgehead atoms. The van der Waals surface area contributed by atoms with Crippen molar-refractivity contribution in [3.8, 4) is 5.75 Å². The molecule has 11 heteroatoms. The number of methoxy groups -OCH3 is 1. The molecular weight excluding hydrogens is 380 g/mol. The number of nitrogens with two attached hydrogens (primary N) is 1. The van der Waals surface area contributed by atoms with E-state index in [1.807, 2.05) is 30.3 Å². The molecule has 3 rings (SSSR count). The molecule has 3 aromatic rings. The molecule has 0 fully saturated rings.